The van der Waals surface area contributed by atoms with Crippen molar-refractivity contribution in [1.82, 2.24) is 0 Å². The van der Waals surface area contributed by atoms with Gasteiger partial charge in [-0.1, -0.05) is 32.8 Å². The number of hydrogen-bond donors (Lipinski definition) is 2. The lowest BCUT2D eigenvalue weighted by atomic mass is 9.79. The molecule has 0 bridgehead atoms. The van der Waals surface area contributed by atoms with Crippen LogP contribution >= 0.6 is 0 Å². The zero-order valence-corrected chi connectivity index (χ0v) is 11.5. The monoisotopic (exact) mass is 260 g/mol. The quantitative estimate of drug-likeness (QED) is 0.821. The molecule has 19 heavy (non-hydrogen) atoms. The summed E-state index contributed by atoms with van der Waals surface area (Å²) in [6, 6.07) is 5.17. The van der Waals surface area contributed by atoms with Gasteiger partial charge >= 0.3 is 0 Å². The van der Waals surface area contributed by atoms with Crippen molar-refractivity contribution < 1.29 is 9.59 Å². The highest BCUT2D eigenvalue weighted by Gasteiger charge is 2.39. The van der Waals surface area contributed by atoms with Crippen LogP contribution in [0.25, 0.3) is 0 Å². The molecule has 4 heteroatoms. The molecule has 1 unspecified atom stereocenters. The first kappa shape index (κ1) is 13.6. The first-order valence-corrected chi connectivity index (χ1v) is 6.71. The summed E-state index contributed by atoms with van der Waals surface area (Å²) < 4.78 is 0. The molecule has 0 saturated heterocycles. The summed E-state index contributed by atoms with van der Waals surface area (Å²) in [5.41, 5.74) is 6.65. The number of hydrogen-bond acceptors (Lipinski definition) is 3. The van der Waals surface area contributed by atoms with Gasteiger partial charge in [0.2, 0.25) is 5.91 Å². The smallest absolute Gasteiger partial charge is 0.230 e. The number of carbonyl (C=O) groups excluding carboxylic acids is 2. The van der Waals surface area contributed by atoms with Crippen LogP contribution in [0.5, 0.6) is 0 Å². The van der Waals surface area contributed by atoms with E-state index in [0.29, 0.717) is 16.9 Å². The maximum atomic E-state index is 12.4. The third-order valence-corrected chi connectivity index (χ3v) is 3.80. The van der Waals surface area contributed by atoms with Gasteiger partial charge < -0.3 is 11.1 Å². The predicted octanol–water partition coefficient (Wildman–Crippen LogP) is 2.99. The van der Waals surface area contributed by atoms with Gasteiger partial charge in [-0.2, -0.15) is 0 Å². The number of anilines is 2. The number of Topliss-reactive ketones (excluding diaryl/α,β-unsaturated/α-hetero) is 1. The number of unbranched alkanes of at least 4 members (excludes halogenated alkanes) is 1. The molecule has 4 nitrogen and oxygen atoms in total. The number of fused-ring (bicyclic) bond motifs is 1. The van der Waals surface area contributed by atoms with Crippen LogP contribution in [0.1, 0.15) is 49.9 Å². The number of ketones is 1. The summed E-state index contributed by atoms with van der Waals surface area (Å²) in [6.07, 6.45) is 2.88. The molecule has 102 valence electrons. The second kappa shape index (κ2) is 5.03. The lowest BCUT2D eigenvalue weighted by Crippen LogP contribution is -2.33. The van der Waals surface area contributed by atoms with Gasteiger partial charge in [-0.05, 0) is 18.6 Å². The highest BCUT2D eigenvalue weighted by molar-refractivity contribution is 6.13. The highest BCUT2D eigenvalue weighted by Crippen LogP contribution is 2.37. The van der Waals surface area contributed by atoms with Gasteiger partial charge in [0.25, 0.3) is 0 Å². The van der Waals surface area contributed by atoms with Crippen LogP contribution in [0.15, 0.2) is 18.2 Å². The van der Waals surface area contributed by atoms with Gasteiger partial charge in [-0.3, -0.25) is 9.59 Å². The van der Waals surface area contributed by atoms with Gasteiger partial charge in [0.15, 0.2) is 5.78 Å². The molecule has 0 fully saturated rings. The summed E-state index contributed by atoms with van der Waals surface area (Å²) >= 11 is 0. The first-order valence-electron chi connectivity index (χ1n) is 6.71. The van der Waals surface area contributed by atoms with Crippen molar-refractivity contribution in [3.63, 3.8) is 0 Å². The summed E-state index contributed by atoms with van der Waals surface area (Å²) in [6.45, 7) is 3.94. The minimum atomic E-state index is -0.640. The third kappa shape index (κ3) is 2.48. The van der Waals surface area contributed by atoms with E-state index in [0.717, 1.165) is 19.3 Å². The van der Waals surface area contributed by atoms with Crippen LogP contribution in [-0.4, -0.2) is 11.7 Å². The summed E-state index contributed by atoms with van der Waals surface area (Å²) in [5.74, 6) is -0.135. The Morgan fingerprint density at radius 3 is 2.79 bits per heavy atom. The van der Waals surface area contributed by atoms with E-state index in [1.807, 2.05) is 6.92 Å². The van der Waals surface area contributed by atoms with Crippen molar-refractivity contribution in [2.45, 2.75) is 39.5 Å². The molecule has 1 aliphatic rings. The van der Waals surface area contributed by atoms with E-state index < -0.39 is 5.41 Å². The topological polar surface area (TPSA) is 72.2 Å². The number of carbonyl (C=O) groups is 2. The highest BCUT2D eigenvalue weighted by atomic mass is 16.2. The van der Waals surface area contributed by atoms with Crippen LogP contribution in [0.3, 0.4) is 0 Å². The van der Waals surface area contributed by atoms with Crippen molar-refractivity contribution in [3.8, 4) is 0 Å². The Hall–Kier alpha value is -1.84. The molecule has 1 aromatic rings. The summed E-state index contributed by atoms with van der Waals surface area (Å²) in [5, 5.41) is 2.85. The Kier molecular flexibility index (Phi) is 3.60. The average molecular weight is 260 g/mol. The van der Waals surface area contributed by atoms with E-state index in [1.165, 1.54) is 0 Å². The Labute approximate surface area is 113 Å². The molecule has 1 atom stereocenters. The van der Waals surface area contributed by atoms with Crippen molar-refractivity contribution in [1.29, 1.82) is 0 Å². The van der Waals surface area contributed by atoms with Crippen LogP contribution in [-0.2, 0) is 4.79 Å². The van der Waals surface area contributed by atoms with Gasteiger partial charge in [0, 0.05) is 12.1 Å². The molecule has 0 radical (unpaired) electrons. The SMILES string of the molecule is CCCCC1(C)CC(=O)c2c(N)cccc2NC1=O. The maximum Gasteiger partial charge on any atom is 0.230 e. The zero-order valence-electron chi connectivity index (χ0n) is 11.5. The minimum absolute atomic E-state index is 0.0509. The number of nitrogen functional groups attached to an aromatic ring is 1. The lowest BCUT2D eigenvalue weighted by Gasteiger charge is -2.25. The molecular weight excluding hydrogens is 240 g/mol. The lowest BCUT2D eigenvalue weighted by molar-refractivity contribution is -0.125. The fraction of sp³-hybridized carbons (Fsp3) is 0.467. The fourth-order valence-electron chi connectivity index (χ4n) is 2.55. The minimum Gasteiger partial charge on any atom is -0.398 e. The molecule has 1 amide bonds. The number of benzene rings is 1. The van der Waals surface area contributed by atoms with Gasteiger partial charge in [0.1, 0.15) is 0 Å². The van der Waals surface area contributed by atoms with Gasteiger partial charge in [-0.15, -0.1) is 0 Å². The molecule has 3 N–H and O–H groups in total. The maximum absolute atomic E-state index is 12.4. The van der Waals surface area contributed by atoms with Crippen molar-refractivity contribution in [3.05, 3.63) is 23.8 Å². The summed E-state index contributed by atoms with van der Waals surface area (Å²) in [7, 11) is 0. The molecule has 1 aromatic carbocycles. The number of rotatable bonds is 3. The fourth-order valence-corrected chi connectivity index (χ4v) is 2.55. The van der Waals surface area contributed by atoms with Gasteiger partial charge in [-0.25, -0.2) is 0 Å². The number of nitrogens with two attached hydrogens (primary N) is 1. The molecule has 0 aromatic heterocycles. The van der Waals surface area contributed by atoms with E-state index >= 15 is 0 Å². The Balaban J connectivity index is 2.39. The first-order chi connectivity index (χ1) is 8.98. The standard InChI is InChI=1S/C15H20N2O2/c1-3-4-8-15(2)9-12(18)13-10(16)6-5-7-11(13)17-14(15)19/h5-7H,3-4,8-9,16H2,1-2H3,(H,17,19). The normalized spacial score (nSPS) is 22.6. The van der Waals surface area contributed by atoms with Crippen molar-refractivity contribution >= 4 is 23.1 Å². The second-order valence-corrected chi connectivity index (χ2v) is 5.49. The van der Waals surface area contributed by atoms with Gasteiger partial charge in [0.05, 0.1) is 16.7 Å². The average Bonchev–Trinajstić information content (AvgIpc) is 2.44. The van der Waals surface area contributed by atoms with Crippen molar-refractivity contribution in [2.24, 2.45) is 5.41 Å². The largest absolute Gasteiger partial charge is 0.398 e. The summed E-state index contributed by atoms with van der Waals surface area (Å²) in [4.78, 5) is 24.7. The van der Waals surface area contributed by atoms with E-state index in [1.54, 1.807) is 18.2 Å². The molecule has 1 aliphatic heterocycles. The predicted molar refractivity (Wildman–Crippen MR) is 76.1 cm³/mol. The Morgan fingerprint density at radius 1 is 1.37 bits per heavy atom. The Bertz CT molecular complexity index is 525. The van der Waals surface area contributed by atoms with E-state index in [2.05, 4.69) is 12.2 Å². The number of nitrogens with one attached hydrogen (secondary N) is 1. The van der Waals surface area contributed by atoms with Crippen LogP contribution in [0.4, 0.5) is 11.4 Å². The molecule has 0 saturated carbocycles. The third-order valence-electron chi connectivity index (χ3n) is 3.80. The molecule has 0 aliphatic carbocycles. The van der Waals surface area contributed by atoms with Crippen molar-refractivity contribution in [2.75, 3.05) is 11.1 Å². The van der Waals surface area contributed by atoms with E-state index in [9.17, 15) is 9.59 Å². The van der Waals surface area contributed by atoms with Crippen LogP contribution < -0.4 is 11.1 Å². The zero-order chi connectivity index (χ0) is 14.0. The van der Waals surface area contributed by atoms with E-state index in [4.69, 9.17) is 5.73 Å². The molecular formula is C15H20N2O2. The Morgan fingerprint density at radius 2 is 2.11 bits per heavy atom. The molecule has 0 spiro atoms. The molecule has 2 rings (SSSR count). The van der Waals surface area contributed by atoms with E-state index in [-0.39, 0.29) is 18.1 Å². The van der Waals surface area contributed by atoms with Crippen LogP contribution in [0, 0.1) is 5.41 Å². The number of amides is 1. The van der Waals surface area contributed by atoms with Crippen LogP contribution in [0.2, 0.25) is 0 Å². The second-order valence-electron chi connectivity index (χ2n) is 5.49. The molecule has 1 heterocycles.